The molecule has 3 aromatic rings. The Morgan fingerprint density at radius 2 is 1.91 bits per heavy atom. The van der Waals surface area contributed by atoms with Gasteiger partial charge in [0.05, 0.1) is 17.6 Å². The van der Waals surface area contributed by atoms with E-state index in [0.29, 0.717) is 12.1 Å². The summed E-state index contributed by atoms with van der Waals surface area (Å²) in [5, 5.41) is 11.0. The third-order valence-corrected chi connectivity index (χ3v) is 4.98. The summed E-state index contributed by atoms with van der Waals surface area (Å²) in [5.74, 6) is -3.38. The lowest BCUT2D eigenvalue weighted by Crippen LogP contribution is -2.28. The van der Waals surface area contributed by atoms with Gasteiger partial charge in [0.1, 0.15) is 22.7 Å². The predicted molar refractivity (Wildman–Crippen MR) is 99.8 cm³/mol. The number of carbonyl (C=O) groups is 1. The highest BCUT2D eigenvalue weighted by atomic mass is 32.2. The molecule has 0 bridgehead atoms. The SMILES string of the molecule is CCOC(=O)c1c(-c2cccc(F)c2)oc2cc([N+](=O)[O-])c(OS(=O)(=O)C(F)(F)F)cc12. The number of fused-ring (bicyclic) bond motifs is 1. The number of halogens is 4. The van der Waals surface area contributed by atoms with Crippen LogP contribution in [0.4, 0.5) is 23.2 Å². The maximum Gasteiger partial charge on any atom is 0.534 e. The highest BCUT2D eigenvalue weighted by Gasteiger charge is 2.49. The zero-order valence-corrected chi connectivity index (χ0v) is 16.6. The summed E-state index contributed by atoms with van der Waals surface area (Å²) in [6, 6.07) is 5.80. The van der Waals surface area contributed by atoms with Gasteiger partial charge in [0.2, 0.25) is 5.75 Å². The molecule has 0 amide bonds. The second-order valence-electron chi connectivity index (χ2n) is 6.09. The van der Waals surface area contributed by atoms with Gasteiger partial charge in [-0.05, 0) is 19.1 Å². The summed E-state index contributed by atoms with van der Waals surface area (Å²) in [6.45, 7) is 1.32. The first-order valence-corrected chi connectivity index (χ1v) is 9.95. The van der Waals surface area contributed by atoms with Crippen LogP contribution in [0.5, 0.6) is 5.75 Å². The molecule has 0 N–H and O–H groups in total. The van der Waals surface area contributed by atoms with Crippen LogP contribution in [0.25, 0.3) is 22.3 Å². The lowest BCUT2D eigenvalue weighted by Gasteiger charge is -2.09. The van der Waals surface area contributed by atoms with Gasteiger partial charge < -0.3 is 13.3 Å². The van der Waals surface area contributed by atoms with E-state index in [1.54, 1.807) is 0 Å². The van der Waals surface area contributed by atoms with Gasteiger partial charge in [-0.3, -0.25) is 10.1 Å². The van der Waals surface area contributed by atoms with Crippen LogP contribution >= 0.6 is 0 Å². The first kappa shape index (κ1) is 23.0. The average molecular weight is 477 g/mol. The number of hydrogen-bond donors (Lipinski definition) is 0. The molecule has 0 saturated carbocycles. The summed E-state index contributed by atoms with van der Waals surface area (Å²) in [7, 11) is -6.27. The van der Waals surface area contributed by atoms with E-state index < -0.39 is 49.3 Å². The van der Waals surface area contributed by atoms with Crippen LogP contribution in [-0.4, -0.2) is 31.4 Å². The van der Waals surface area contributed by atoms with Crippen LogP contribution in [0.15, 0.2) is 40.8 Å². The average Bonchev–Trinajstić information content (AvgIpc) is 3.04. The first-order chi connectivity index (χ1) is 14.9. The van der Waals surface area contributed by atoms with E-state index >= 15 is 0 Å². The van der Waals surface area contributed by atoms with Gasteiger partial charge in [-0.2, -0.15) is 21.6 Å². The number of esters is 1. The Kier molecular flexibility index (Phi) is 5.82. The molecule has 0 aliphatic rings. The van der Waals surface area contributed by atoms with E-state index in [0.717, 1.165) is 12.1 Å². The lowest BCUT2D eigenvalue weighted by atomic mass is 10.0. The number of alkyl halides is 3. The molecular formula is C18H11F4NO8S. The van der Waals surface area contributed by atoms with E-state index in [2.05, 4.69) is 4.18 Å². The van der Waals surface area contributed by atoms with E-state index in [9.17, 15) is 40.9 Å². The monoisotopic (exact) mass is 477 g/mol. The summed E-state index contributed by atoms with van der Waals surface area (Å²) < 4.78 is 88.9. The van der Waals surface area contributed by atoms with Crippen molar-refractivity contribution >= 4 is 32.7 Å². The van der Waals surface area contributed by atoms with Gasteiger partial charge in [-0.1, -0.05) is 12.1 Å². The lowest BCUT2D eigenvalue weighted by molar-refractivity contribution is -0.385. The zero-order chi connectivity index (χ0) is 23.8. The highest BCUT2D eigenvalue weighted by molar-refractivity contribution is 7.88. The van der Waals surface area contributed by atoms with E-state index in [-0.39, 0.29) is 28.9 Å². The normalized spacial score (nSPS) is 12.0. The number of nitro benzene ring substituents is 1. The van der Waals surface area contributed by atoms with Crippen molar-refractivity contribution in [2.75, 3.05) is 6.61 Å². The molecule has 170 valence electrons. The Morgan fingerprint density at radius 1 is 1.22 bits per heavy atom. The second-order valence-corrected chi connectivity index (χ2v) is 7.63. The van der Waals surface area contributed by atoms with Crippen LogP contribution in [0.3, 0.4) is 0 Å². The fraction of sp³-hybridized carbons (Fsp3) is 0.167. The topological polar surface area (TPSA) is 126 Å². The molecule has 1 heterocycles. The Balaban J connectivity index is 2.34. The Labute approximate surface area is 176 Å². The summed E-state index contributed by atoms with van der Waals surface area (Å²) in [6.07, 6.45) is 0. The molecule has 0 spiro atoms. The van der Waals surface area contributed by atoms with E-state index in [1.165, 1.54) is 19.1 Å². The molecule has 3 rings (SSSR count). The molecule has 0 atom stereocenters. The molecule has 9 nitrogen and oxygen atoms in total. The van der Waals surface area contributed by atoms with Gasteiger partial charge in [0, 0.05) is 17.0 Å². The molecule has 32 heavy (non-hydrogen) atoms. The van der Waals surface area contributed by atoms with Gasteiger partial charge >= 0.3 is 27.3 Å². The smallest absolute Gasteiger partial charge is 0.462 e. The van der Waals surface area contributed by atoms with Crippen LogP contribution < -0.4 is 4.18 Å². The van der Waals surface area contributed by atoms with Crippen molar-refractivity contribution in [2.24, 2.45) is 0 Å². The fourth-order valence-electron chi connectivity index (χ4n) is 2.73. The molecule has 0 radical (unpaired) electrons. The van der Waals surface area contributed by atoms with E-state index in [1.807, 2.05) is 0 Å². The van der Waals surface area contributed by atoms with E-state index in [4.69, 9.17) is 9.15 Å². The number of nitro groups is 1. The van der Waals surface area contributed by atoms with Crippen molar-refractivity contribution < 1.29 is 49.0 Å². The Morgan fingerprint density at radius 3 is 2.47 bits per heavy atom. The minimum absolute atomic E-state index is 0.0114. The minimum atomic E-state index is -6.27. The van der Waals surface area contributed by atoms with Gasteiger partial charge in [0.15, 0.2) is 0 Å². The largest absolute Gasteiger partial charge is 0.534 e. The number of nitrogens with zero attached hydrogens (tertiary/aromatic N) is 1. The Hall–Kier alpha value is -3.68. The van der Waals surface area contributed by atoms with Crippen LogP contribution in [-0.2, 0) is 14.9 Å². The number of carbonyl (C=O) groups excluding carboxylic acids is 1. The third-order valence-electron chi connectivity index (χ3n) is 4.02. The maximum absolute atomic E-state index is 13.7. The number of ether oxygens (including phenoxy) is 1. The highest BCUT2D eigenvalue weighted by Crippen LogP contribution is 2.41. The van der Waals surface area contributed by atoms with Crippen molar-refractivity contribution in [3.63, 3.8) is 0 Å². The van der Waals surface area contributed by atoms with Gasteiger partial charge in [-0.25, -0.2) is 9.18 Å². The zero-order valence-electron chi connectivity index (χ0n) is 15.8. The summed E-state index contributed by atoms with van der Waals surface area (Å²) >= 11 is 0. The third kappa shape index (κ3) is 4.21. The van der Waals surface area contributed by atoms with Crippen LogP contribution in [0.2, 0.25) is 0 Å². The number of furan rings is 1. The first-order valence-electron chi connectivity index (χ1n) is 8.54. The molecule has 0 unspecified atom stereocenters. The standard InChI is InChI=1S/C18H11F4NO8S/c1-2-29-17(24)15-11-7-14(31-32(27,28)18(20,21)22)12(23(25)26)8-13(11)30-16(15)9-4-3-5-10(19)6-9/h3-8H,2H2,1H3. The van der Waals surface area contributed by atoms with Crippen molar-refractivity contribution in [1.29, 1.82) is 0 Å². The van der Waals surface area contributed by atoms with Crippen molar-refractivity contribution in [2.45, 2.75) is 12.4 Å². The Bertz CT molecular complexity index is 1330. The maximum atomic E-state index is 13.7. The van der Waals surface area contributed by atoms with Crippen LogP contribution in [0, 0.1) is 15.9 Å². The fourth-order valence-corrected chi connectivity index (χ4v) is 3.19. The molecule has 2 aromatic carbocycles. The molecule has 0 fully saturated rings. The van der Waals surface area contributed by atoms with Crippen molar-refractivity contribution in [3.8, 4) is 17.1 Å². The van der Waals surface area contributed by atoms with Gasteiger partial charge in [0.25, 0.3) is 0 Å². The second kappa shape index (κ2) is 8.11. The molecule has 0 aliphatic carbocycles. The number of hydrogen-bond acceptors (Lipinski definition) is 8. The van der Waals surface area contributed by atoms with Crippen LogP contribution in [0.1, 0.15) is 17.3 Å². The molecular weight excluding hydrogens is 466 g/mol. The molecule has 14 heteroatoms. The van der Waals surface area contributed by atoms with Crippen molar-refractivity contribution in [1.82, 2.24) is 0 Å². The summed E-state index contributed by atoms with van der Waals surface area (Å²) in [4.78, 5) is 22.6. The number of rotatable bonds is 6. The van der Waals surface area contributed by atoms with Crippen molar-refractivity contribution in [3.05, 3.63) is 57.9 Å². The quantitative estimate of drug-likeness (QED) is 0.126. The predicted octanol–water partition coefficient (Wildman–Crippen LogP) is 4.55. The molecule has 0 aliphatic heterocycles. The minimum Gasteiger partial charge on any atom is -0.462 e. The molecule has 0 saturated heterocycles. The number of benzene rings is 2. The molecule has 1 aromatic heterocycles. The summed E-state index contributed by atoms with van der Waals surface area (Å²) in [5.41, 5.74) is -7.84. The van der Waals surface area contributed by atoms with Gasteiger partial charge in [-0.15, -0.1) is 0 Å².